The van der Waals surface area contributed by atoms with Crippen molar-refractivity contribution in [3.63, 3.8) is 0 Å². The average Bonchev–Trinajstić information content (AvgIpc) is 2.37. The molecule has 0 heterocycles. The molecule has 0 atom stereocenters. The molecule has 18 heavy (non-hydrogen) atoms. The highest BCUT2D eigenvalue weighted by atomic mass is 14.7. The fourth-order valence-electron chi connectivity index (χ4n) is 2.29. The predicted molar refractivity (Wildman–Crippen MR) is 77.5 cm³/mol. The molecule has 94 valence electrons. The third-order valence-corrected chi connectivity index (χ3v) is 3.24. The van der Waals surface area contributed by atoms with E-state index in [1.165, 1.54) is 16.7 Å². The molecular formula is C17H21N. The van der Waals surface area contributed by atoms with Crippen LogP contribution in [0.15, 0.2) is 54.6 Å². The van der Waals surface area contributed by atoms with E-state index in [0.29, 0.717) is 0 Å². The summed E-state index contributed by atoms with van der Waals surface area (Å²) >= 11 is 0. The second-order valence-corrected chi connectivity index (χ2v) is 5.36. The van der Waals surface area contributed by atoms with Gasteiger partial charge in [-0.05, 0) is 43.4 Å². The zero-order valence-corrected chi connectivity index (χ0v) is 11.2. The van der Waals surface area contributed by atoms with Crippen molar-refractivity contribution in [1.29, 1.82) is 0 Å². The van der Waals surface area contributed by atoms with Crippen LogP contribution < -0.4 is 5.73 Å². The number of rotatable bonds is 4. The van der Waals surface area contributed by atoms with E-state index < -0.39 is 0 Å². The zero-order chi connectivity index (χ0) is 13.0. The summed E-state index contributed by atoms with van der Waals surface area (Å²) in [5, 5.41) is 0. The SMILES string of the molecule is CC(C)(N)c1ccccc1CCc1ccccc1. The molecule has 0 spiro atoms. The minimum atomic E-state index is -0.271. The molecule has 0 unspecified atom stereocenters. The van der Waals surface area contributed by atoms with Crippen LogP contribution in [0.1, 0.15) is 30.5 Å². The fraction of sp³-hybridized carbons (Fsp3) is 0.294. The Balaban J connectivity index is 2.15. The molecule has 0 saturated carbocycles. The lowest BCUT2D eigenvalue weighted by atomic mass is 9.88. The summed E-state index contributed by atoms with van der Waals surface area (Å²) in [6.45, 7) is 4.13. The second-order valence-electron chi connectivity index (χ2n) is 5.36. The Hall–Kier alpha value is -1.60. The molecule has 2 aromatic carbocycles. The van der Waals surface area contributed by atoms with Gasteiger partial charge in [-0.15, -0.1) is 0 Å². The van der Waals surface area contributed by atoms with Gasteiger partial charge < -0.3 is 5.73 Å². The fourth-order valence-corrected chi connectivity index (χ4v) is 2.29. The second kappa shape index (κ2) is 5.36. The van der Waals surface area contributed by atoms with Gasteiger partial charge in [0.05, 0.1) is 0 Å². The van der Waals surface area contributed by atoms with Gasteiger partial charge in [0, 0.05) is 5.54 Å². The van der Waals surface area contributed by atoms with Gasteiger partial charge in [-0.2, -0.15) is 0 Å². The van der Waals surface area contributed by atoms with Crippen molar-refractivity contribution in [2.45, 2.75) is 32.2 Å². The van der Waals surface area contributed by atoms with E-state index in [1.807, 2.05) is 0 Å². The molecule has 0 saturated heterocycles. The maximum atomic E-state index is 6.23. The van der Waals surface area contributed by atoms with Crippen molar-refractivity contribution in [1.82, 2.24) is 0 Å². The average molecular weight is 239 g/mol. The first kappa shape index (κ1) is 12.8. The Labute approximate surface area is 110 Å². The van der Waals surface area contributed by atoms with Crippen LogP contribution in [-0.4, -0.2) is 0 Å². The smallest absolute Gasteiger partial charge is 0.0355 e. The van der Waals surface area contributed by atoms with Gasteiger partial charge in [0.1, 0.15) is 0 Å². The molecule has 0 radical (unpaired) electrons. The first-order chi connectivity index (χ1) is 8.57. The van der Waals surface area contributed by atoms with E-state index in [4.69, 9.17) is 5.73 Å². The minimum absolute atomic E-state index is 0.271. The summed E-state index contributed by atoms with van der Waals surface area (Å²) in [6, 6.07) is 19.1. The normalized spacial score (nSPS) is 11.5. The van der Waals surface area contributed by atoms with Crippen LogP contribution >= 0.6 is 0 Å². The van der Waals surface area contributed by atoms with Crippen LogP contribution in [-0.2, 0) is 18.4 Å². The van der Waals surface area contributed by atoms with E-state index in [0.717, 1.165) is 12.8 Å². The molecule has 2 rings (SSSR count). The highest BCUT2D eigenvalue weighted by molar-refractivity contribution is 5.33. The Kier molecular flexibility index (Phi) is 3.83. The van der Waals surface area contributed by atoms with Crippen molar-refractivity contribution >= 4 is 0 Å². The third-order valence-electron chi connectivity index (χ3n) is 3.24. The Morgan fingerprint density at radius 1 is 0.833 bits per heavy atom. The molecular weight excluding hydrogens is 218 g/mol. The van der Waals surface area contributed by atoms with E-state index in [2.05, 4.69) is 68.4 Å². The number of benzene rings is 2. The van der Waals surface area contributed by atoms with Gasteiger partial charge >= 0.3 is 0 Å². The maximum absolute atomic E-state index is 6.23. The molecule has 2 N–H and O–H groups in total. The topological polar surface area (TPSA) is 26.0 Å². The lowest BCUT2D eigenvalue weighted by Crippen LogP contribution is -2.30. The maximum Gasteiger partial charge on any atom is 0.0355 e. The highest BCUT2D eigenvalue weighted by Crippen LogP contribution is 2.22. The molecule has 0 aliphatic carbocycles. The van der Waals surface area contributed by atoms with Crippen molar-refractivity contribution in [3.05, 3.63) is 71.3 Å². The molecule has 0 aromatic heterocycles. The number of aryl methyl sites for hydroxylation is 2. The lowest BCUT2D eigenvalue weighted by molar-refractivity contribution is 0.547. The summed E-state index contributed by atoms with van der Waals surface area (Å²) in [5.41, 5.74) is 9.94. The van der Waals surface area contributed by atoms with Gasteiger partial charge in [0.15, 0.2) is 0 Å². The van der Waals surface area contributed by atoms with E-state index in [-0.39, 0.29) is 5.54 Å². The lowest BCUT2D eigenvalue weighted by Gasteiger charge is -2.23. The van der Waals surface area contributed by atoms with Crippen molar-refractivity contribution in [2.24, 2.45) is 5.73 Å². The quantitative estimate of drug-likeness (QED) is 0.865. The van der Waals surface area contributed by atoms with Gasteiger partial charge in [-0.1, -0.05) is 54.6 Å². The number of nitrogens with two attached hydrogens (primary N) is 1. The summed E-state index contributed by atoms with van der Waals surface area (Å²) < 4.78 is 0. The summed E-state index contributed by atoms with van der Waals surface area (Å²) in [5.74, 6) is 0. The van der Waals surface area contributed by atoms with Gasteiger partial charge in [0.2, 0.25) is 0 Å². The van der Waals surface area contributed by atoms with Crippen LogP contribution in [0.25, 0.3) is 0 Å². The van der Waals surface area contributed by atoms with E-state index in [1.54, 1.807) is 0 Å². The molecule has 0 aliphatic heterocycles. The Bertz CT molecular complexity index is 495. The highest BCUT2D eigenvalue weighted by Gasteiger charge is 2.17. The summed E-state index contributed by atoms with van der Waals surface area (Å²) in [6.07, 6.45) is 2.11. The monoisotopic (exact) mass is 239 g/mol. The van der Waals surface area contributed by atoms with Gasteiger partial charge in [-0.25, -0.2) is 0 Å². The number of hydrogen-bond acceptors (Lipinski definition) is 1. The van der Waals surface area contributed by atoms with Crippen molar-refractivity contribution in [3.8, 4) is 0 Å². The number of hydrogen-bond donors (Lipinski definition) is 1. The molecule has 1 nitrogen and oxygen atoms in total. The first-order valence-electron chi connectivity index (χ1n) is 6.48. The minimum Gasteiger partial charge on any atom is -0.322 e. The molecule has 0 aliphatic rings. The third kappa shape index (κ3) is 3.21. The van der Waals surface area contributed by atoms with E-state index >= 15 is 0 Å². The van der Waals surface area contributed by atoms with Crippen molar-refractivity contribution < 1.29 is 0 Å². The Morgan fingerprint density at radius 2 is 1.44 bits per heavy atom. The molecule has 1 heteroatoms. The molecule has 2 aromatic rings. The summed E-state index contributed by atoms with van der Waals surface area (Å²) in [4.78, 5) is 0. The van der Waals surface area contributed by atoms with Crippen LogP contribution in [0, 0.1) is 0 Å². The molecule has 0 bridgehead atoms. The Morgan fingerprint density at radius 3 is 2.11 bits per heavy atom. The predicted octanol–water partition coefficient (Wildman–Crippen LogP) is 3.67. The van der Waals surface area contributed by atoms with Crippen LogP contribution in [0.4, 0.5) is 0 Å². The van der Waals surface area contributed by atoms with Crippen LogP contribution in [0.2, 0.25) is 0 Å². The van der Waals surface area contributed by atoms with Crippen LogP contribution in [0.3, 0.4) is 0 Å². The largest absolute Gasteiger partial charge is 0.322 e. The standard InChI is InChI=1S/C17H21N/c1-17(2,18)16-11-7-6-10-15(16)13-12-14-8-4-3-5-9-14/h3-11H,12-13,18H2,1-2H3. The molecule has 0 fully saturated rings. The molecule has 0 amide bonds. The summed E-state index contributed by atoms with van der Waals surface area (Å²) in [7, 11) is 0. The van der Waals surface area contributed by atoms with Crippen molar-refractivity contribution in [2.75, 3.05) is 0 Å². The van der Waals surface area contributed by atoms with Gasteiger partial charge in [0.25, 0.3) is 0 Å². The van der Waals surface area contributed by atoms with E-state index in [9.17, 15) is 0 Å². The van der Waals surface area contributed by atoms with Gasteiger partial charge in [-0.3, -0.25) is 0 Å². The van der Waals surface area contributed by atoms with Crippen LogP contribution in [0.5, 0.6) is 0 Å². The zero-order valence-electron chi connectivity index (χ0n) is 11.2. The first-order valence-corrected chi connectivity index (χ1v) is 6.48.